The summed E-state index contributed by atoms with van der Waals surface area (Å²) >= 11 is 0. The van der Waals surface area contributed by atoms with Gasteiger partial charge in [0, 0.05) is 56.3 Å². The highest BCUT2D eigenvalue weighted by Crippen LogP contribution is 2.54. The van der Waals surface area contributed by atoms with Crippen molar-refractivity contribution in [3.8, 4) is 5.75 Å². The fourth-order valence-electron chi connectivity index (χ4n) is 5.67. The van der Waals surface area contributed by atoms with Crippen LogP contribution in [0.2, 0.25) is 0 Å². The molecule has 0 radical (unpaired) electrons. The third-order valence-corrected chi connectivity index (χ3v) is 7.91. The maximum absolute atomic E-state index is 15.7. The van der Waals surface area contributed by atoms with Gasteiger partial charge in [-0.3, -0.25) is 9.48 Å². The van der Waals surface area contributed by atoms with E-state index in [1.807, 2.05) is 6.20 Å². The first-order valence-electron chi connectivity index (χ1n) is 12.7. The molecule has 3 heterocycles. The molecule has 0 bridgehead atoms. The Labute approximate surface area is 213 Å². The lowest BCUT2D eigenvalue weighted by Crippen LogP contribution is -2.51. The normalized spacial score (nSPS) is 20.4. The van der Waals surface area contributed by atoms with Crippen molar-refractivity contribution in [2.75, 3.05) is 42.8 Å². The second-order valence-electron chi connectivity index (χ2n) is 10.5. The van der Waals surface area contributed by atoms with Gasteiger partial charge in [0.25, 0.3) is 5.91 Å². The Hall–Kier alpha value is -3.47. The molecule has 1 aromatic carbocycles. The highest BCUT2D eigenvalue weighted by molar-refractivity contribution is 6.14. The number of hydrogen-bond acceptors (Lipinski definition) is 7. The molecule has 1 spiro atoms. The molecule has 3 fully saturated rings. The summed E-state index contributed by atoms with van der Waals surface area (Å²) in [6, 6.07) is 2.60. The van der Waals surface area contributed by atoms with Crippen LogP contribution in [0.4, 0.5) is 26.0 Å². The average molecular weight is 512 g/mol. The Morgan fingerprint density at radius 1 is 1.24 bits per heavy atom. The summed E-state index contributed by atoms with van der Waals surface area (Å²) in [5, 5.41) is 14.1. The van der Waals surface area contributed by atoms with Gasteiger partial charge in [-0.25, -0.2) is 9.37 Å². The number of fused-ring (bicyclic) bond motifs is 1. The van der Waals surface area contributed by atoms with Crippen LogP contribution in [0.5, 0.6) is 5.75 Å². The number of carbonyl (C=O) groups excluding carboxylic acids is 1. The molecule has 2 saturated carbocycles. The van der Waals surface area contributed by atoms with Crippen LogP contribution < -0.4 is 25.6 Å². The second-order valence-corrected chi connectivity index (χ2v) is 10.5. The van der Waals surface area contributed by atoms with Crippen molar-refractivity contribution in [1.82, 2.24) is 20.1 Å². The second kappa shape index (κ2) is 8.83. The number of anilines is 3. The zero-order chi connectivity index (χ0) is 25.9. The van der Waals surface area contributed by atoms with Crippen molar-refractivity contribution in [2.45, 2.75) is 44.2 Å². The summed E-state index contributed by atoms with van der Waals surface area (Å²) in [6.45, 7) is 1.66. The number of benzene rings is 1. The molecular formula is C26H31F2N7O2. The van der Waals surface area contributed by atoms with Crippen molar-refractivity contribution in [3.05, 3.63) is 35.7 Å². The van der Waals surface area contributed by atoms with E-state index in [0.29, 0.717) is 17.5 Å². The van der Waals surface area contributed by atoms with Crippen LogP contribution >= 0.6 is 0 Å². The molecule has 9 nitrogen and oxygen atoms in total. The minimum Gasteiger partial charge on any atom is -0.491 e. The van der Waals surface area contributed by atoms with Crippen LogP contribution in [0.25, 0.3) is 10.9 Å². The minimum absolute atomic E-state index is 0.00234. The quantitative estimate of drug-likeness (QED) is 0.446. The number of pyridine rings is 1. The SMILES string of the molecule is CNc1ncc(NC(=O)c2c(F)cc(N3CCC(NC4CC4)C4(CC4)C3)c3cn(C)nc23)c(OC)c1F. The van der Waals surface area contributed by atoms with E-state index in [1.165, 1.54) is 52.1 Å². The largest absolute Gasteiger partial charge is 0.491 e. The molecule has 2 aliphatic carbocycles. The summed E-state index contributed by atoms with van der Waals surface area (Å²) < 4.78 is 37.0. The zero-order valence-electron chi connectivity index (χ0n) is 21.2. The number of aryl methyl sites for hydroxylation is 1. The first-order valence-corrected chi connectivity index (χ1v) is 12.7. The van der Waals surface area contributed by atoms with Gasteiger partial charge in [-0.15, -0.1) is 0 Å². The van der Waals surface area contributed by atoms with E-state index in [9.17, 15) is 9.18 Å². The lowest BCUT2D eigenvalue weighted by molar-refractivity contribution is 0.102. The van der Waals surface area contributed by atoms with Crippen LogP contribution in [0, 0.1) is 17.0 Å². The molecule has 11 heteroatoms. The fraction of sp³-hybridized carbons (Fsp3) is 0.500. The molecule has 3 aromatic rings. The maximum Gasteiger partial charge on any atom is 0.261 e. The summed E-state index contributed by atoms with van der Waals surface area (Å²) in [4.78, 5) is 19.5. The van der Waals surface area contributed by atoms with Crippen LogP contribution in [0.1, 0.15) is 42.5 Å². The van der Waals surface area contributed by atoms with Gasteiger partial charge in [-0.05, 0) is 38.2 Å². The summed E-state index contributed by atoms with van der Waals surface area (Å²) in [5.74, 6) is -2.41. The number of carbonyl (C=O) groups is 1. The van der Waals surface area contributed by atoms with Gasteiger partial charge in [-0.1, -0.05) is 0 Å². The molecule has 1 amide bonds. The van der Waals surface area contributed by atoms with Crippen molar-refractivity contribution >= 4 is 34.0 Å². The maximum atomic E-state index is 15.7. The van der Waals surface area contributed by atoms with Gasteiger partial charge in [0.05, 0.1) is 19.0 Å². The molecule has 1 saturated heterocycles. The standard InChI is InChI=1S/C26H31F2N7O2/c1-29-24-21(28)23(37-3)17(11-30-24)32-25(36)20-16(27)10-18(15-12-34(2)33-22(15)20)35-9-6-19(31-14-4-5-14)26(13-35)7-8-26/h10-12,14,19,31H,4-9,13H2,1-3H3,(H,29,30)(H,32,36). The molecule has 6 rings (SSSR count). The van der Waals surface area contributed by atoms with Crippen molar-refractivity contribution < 1.29 is 18.3 Å². The Kier molecular flexibility index (Phi) is 5.70. The van der Waals surface area contributed by atoms with Gasteiger partial charge in [0.1, 0.15) is 22.6 Å². The Morgan fingerprint density at radius 2 is 2.03 bits per heavy atom. The fourth-order valence-corrected chi connectivity index (χ4v) is 5.67. The number of nitrogens with zero attached hydrogens (tertiary/aromatic N) is 4. The summed E-state index contributed by atoms with van der Waals surface area (Å²) in [5.41, 5.74) is 1.03. The first-order chi connectivity index (χ1) is 17.8. The van der Waals surface area contributed by atoms with E-state index in [-0.39, 0.29) is 33.7 Å². The number of piperidine rings is 1. The van der Waals surface area contributed by atoms with Gasteiger partial charge in [0.2, 0.25) is 5.82 Å². The number of methoxy groups -OCH3 is 1. The van der Waals surface area contributed by atoms with Gasteiger partial charge >= 0.3 is 0 Å². The van der Waals surface area contributed by atoms with Crippen molar-refractivity contribution in [2.24, 2.45) is 12.5 Å². The number of rotatable bonds is 7. The molecule has 196 valence electrons. The number of ether oxygens (including phenoxy) is 1. The molecule has 1 aliphatic heterocycles. The van der Waals surface area contributed by atoms with Crippen molar-refractivity contribution in [1.29, 1.82) is 0 Å². The molecule has 1 atom stereocenters. The summed E-state index contributed by atoms with van der Waals surface area (Å²) in [6.07, 6.45) is 8.95. The molecule has 3 N–H and O–H groups in total. The van der Waals surface area contributed by atoms with Crippen LogP contribution in [-0.2, 0) is 7.05 Å². The predicted octanol–water partition coefficient (Wildman–Crippen LogP) is 3.66. The van der Waals surface area contributed by atoms with E-state index >= 15 is 4.39 Å². The molecule has 1 unspecified atom stereocenters. The number of aromatic nitrogens is 3. The summed E-state index contributed by atoms with van der Waals surface area (Å²) in [7, 11) is 4.56. The number of nitrogens with one attached hydrogen (secondary N) is 3. The minimum atomic E-state index is -0.754. The van der Waals surface area contributed by atoms with E-state index in [2.05, 4.69) is 30.9 Å². The number of amides is 1. The molecular weight excluding hydrogens is 480 g/mol. The van der Waals surface area contributed by atoms with Crippen LogP contribution in [0.15, 0.2) is 18.5 Å². The van der Waals surface area contributed by atoms with Crippen molar-refractivity contribution in [3.63, 3.8) is 0 Å². The Morgan fingerprint density at radius 3 is 2.70 bits per heavy atom. The number of hydrogen-bond donors (Lipinski definition) is 3. The lowest BCUT2D eigenvalue weighted by atomic mass is 9.88. The predicted molar refractivity (Wildman–Crippen MR) is 137 cm³/mol. The van der Waals surface area contributed by atoms with E-state index in [0.717, 1.165) is 25.2 Å². The van der Waals surface area contributed by atoms with Gasteiger partial charge in [0.15, 0.2) is 11.6 Å². The smallest absolute Gasteiger partial charge is 0.261 e. The molecule has 3 aliphatic rings. The molecule has 37 heavy (non-hydrogen) atoms. The third-order valence-electron chi connectivity index (χ3n) is 7.91. The molecule has 2 aromatic heterocycles. The van der Waals surface area contributed by atoms with Crippen LogP contribution in [0.3, 0.4) is 0 Å². The Bertz CT molecular complexity index is 1380. The van der Waals surface area contributed by atoms with Gasteiger partial charge in [-0.2, -0.15) is 9.49 Å². The highest BCUT2D eigenvalue weighted by atomic mass is 19.1. The average Bonchev–Trinajstić information content (AvgIpc) is 3.79. The zero-order valence-corrected chi connectivity index (χ0v) is 21.2. The lowest BCUT2D eigenvalue weighted by Gasteiger charge is -2.41. The van der Waals surface area contributed by atoms with Gasteiger partial charge < -0.3 is 25.6 Å². The first kappa shape index (κ1) is 23.9. The topological polar surface area (TPSA) is 96.3 Å². The number of halogens is 2. The van der Waals surface area contributed by atoms with E-state index < -0.39 is 17.5 Å². The third kappa shape index (κ3) is 4.14. The highest BCUT2D eigenvalue weighted by Gasteiger charge is 2.53. The monoisotopic (exact) mass is 511 g/mol. The van der Waals surface area contributed by atoms with Crippen LogP contribution in [-0.4, -0.2) is 60.0 Å². The van der Waals surface area contributed by atoms with E-state index in [4.69, 9.17) is 4.74 Å². The van der Waals surface area contributed by atoms with E-state index in [1.54, 1.807) is 11.7 Å². The Balaban J connectivity index is 1.32.